The fourth-order valence-corrected chi connectivity index (χ4v) is 2.87. The van der Waals surface area contributed by atoms with E-state index < -0.39 is 5.91 Å². The zero-order valence-corrected chi connectivity index (χ0v) is 12.2. The second kappa shape index (κ2) is 5.59. The summed E-state index contributed by atoms with van der Waals surface area (Å²) in [6.45, 7) is 2.47. The second-order valence-corrected chi connectivity index (χ2v) is 5.38. The number of hydrogen-bond acceptors (Lipinski definition) is 4. The Balaban J connectivity index is 1.92. The number of likely N-dealkylation sites (tertiary alicyclic amines) is 1. The number of aromatic amines is 1. The SMILES string of the molecule is Cc1cccc(C(=O)N2CCC[C@@H]2c2[nH]ncc2C(N)=O)n1. The summed E-state index contributed by atoms with van der Waals surface area (Å²) >= 11 is 0. The minimum atomic E-state index is -0.545. The number of H-pyrrole nitrogens is 1. The van der Waals surface area contributed by atoms with Crippen molar-refractivity contribution in [2.24, 2.45) is 5.73 Å². The number of aryl methyl sites for hydroxylation is 1. The third-order valence-corrected chi connectivity index (χ3v) is 3.89. The lowest BCUT2D eigenvalue weighted by atomic mass is 10.1. The molecule has 114 valence electrons. The number of nitrogens with zero attached hydrogens (tertiary/aromatic N) is 3. The highest BCUT2D eigenvalue weighted by Gasteiger charge is 2.34. The monoisotopic (exact) mass is 299 g/mol. The van der Waals surface area contributed by atoms with Gasteiger partial charge in [-0.05, 0) is 31.9 Å². The van der Waals surface area contributed by atoms with E-state index in [0.29, 0.717) is 23.5 Å². The first-order chi connectivity index (χ1) is 10.6. The molecule has 0 aliphatic carbocycles. The molecule has 2 aromatic heterocycles. The van der Waals surface area contributed by atoms with Crippen molar-refractivity contribution in [3.63, 3.8) is 0 Å². The third-order valence-electron chi connectivity index (χ3n) is 3.89. The number of nitrogens with one attached hydrogen (secondary N) is 1. The Labute approximate surface area is 127 Å². The predicted molar refractivity (Wildman–Crippen MR) is 79.1 cm³/mol. The Morgan fingerprint density at radius 2 is 2.23 bits per heavy atom. The molecule has 3 heterocycles. The van der Waals surface area contributed by atoms with Gasteiger partial charge in [0.05, 0.1) is 23.5 Å². The van der Waals surface area contributed by atoms with Gasteiger partial charge in [0, 0.05) is 12.2 Å². The molecule has 0 unspecified atom stereocenters. The van der Waals surface area contributed by atoms with Gasteiger partial charge in [0.15, 0.2) is 0 Å². The smallest absolute Gasteiger partial charge is 0.273 e. The fraction of sp³-hybridized carbons (Fsp3) is 0.333. The van der Waals surface area contributed by atoms with E-state index in [9.17, 15) is 9.59 Å². The molecule has 1 saturated heterocycles. The van der Waals surface area contributed by atoms with Crippen LogP contribution in [0.5, 0.6) is 0 Å². The lowest BCUT2D eigenvalue weighted by molar-refractivity contribution is 0.0724. The highest BCUT2D eigenvalue weighted by atomic mass is 16.2. The molecule has 1 atom stereocenters. The molecule has 0 bridgehead atoms. The largest absolute Gasteiger partial charge is 0.365 e. The Hall–Kier alpha value is -2.70. The maximum Gasteiger partial charge on any atom is 0.273 e. The van der Waals surface area contributed by atoms with Gasteiger partial charge >= 0.3 is 0 Å². The highest BCUT2D eigenvalue weighted by Crippen LogP contribution is 2.33. The number of primary amides is 1. The predicted octanol–water partition coefficient (Wildman–Crippen LogP) is 1.19. The summed E-state index contributed by atoms with van der Waals surface area (Å²) in [4.78, 5) is 30.2. The quantitative estimate of drug-likeness (QED) is 0.888. The lowest BCUT2D eigenvalue weighted by Crippen LogP contribution is -2.32. The molecule has 3 N–H and O–H groups in total. The Bertz CT molecular complexity index is 724. The molecule has 7 heteroatoms. The Morgan fingerprint density at radius 1 is 1.41 bits per heavy atom. The van der Waals surface area contributed by atoms with E-state index in [1.807, 2.05) is 19.1 Å². The molecule has 0 radical (unpaired) electrons. The topological polar surface area (TPSA) is 105 Å². The maximum absolute atomic E-state index is 12.7. The van der Waals surface area contributed by atoms with Gasteiger partial charge in [-0.2, -0.15) is 5.10 Å². The van der Waals surface area contributed by atoms with Crippen molar-refractivity contribution < 1.29 is 9.59 Å². The number of carbonyl (C=O) groups excluding carboxylic acids is 2. The van der Waals surface area contributed by atoms with Crippen LogP contribution in [-0.2, 0) is 0 Å². The van der Waals surface area contributed by atoms with Crippen LogP contribution in [0.4, 0.5) is 0 Å². The number of amides is 2. The van der Waals surface area contributed by atoms with Crippen molar-refractivity contribution >= 4 is 11.8 Å². The number of nitrogens with two attached hydrogens (primary N) is 1. The van der Waals surface area contributed by atoms with Gasteiger partial charge < -0.3 is 10.6 Å². The molecule has 1 fully saturated rings. The van der Waals surface area contributed by atoms with Crippen molar-refractivity contribution in [1.29, 1.82) is 0 Å². The van der Waals surface area contributed by atoms with E-state index >= 15 is 0 Å². The molecule has 0 spiro atoms. The summed E-state index contributed by atoms with van der Waals surface area (Å²) in [5.41, 5.74) is 7.50. The average molecular weight is 299 g/mol. The van der Waals surface area contributed by atoms with Gasteiger partial charge in [0.2, 0.25) is 0 Å². The first-order valence-corrected chi connectivity index (χ1v) is 7.15. The summed E-state index contributed by atoms with van der Waals surface area (Å²) in [5, 5.41) is 6.70. The van der Waals surface area contributed by atoms with Gasteiger partial charge in [-0.3, -0.25) is 14.7 Å². The molecular weight excluding hydrogens is 282 g/mol. The number of carbonyl (C=O) groups is 2. The zero-order valence-electron chi connectivity index (χ0n) is 12.2. The molecule has 1 aliphatic rings. The van der Waals surface area contributed by atoms with E-state index in [1.54, 1.807) is 11.0 Å². The molecular formula is C15H17N5O2. The van der Waals surface area contributed by atoms with Crippen LogP contribution in [0.2, 0.25) is 0 Å². The number of hydrogen-bond donors (Lipinski definition) is 2. The number of rotatable bonds is 3. The van der Waals surface area contributed by atoms with Gasteiger partial charge in [0.1, 0.15) is 5.69 Å². The van der Waals surface area contributed by atoms with E-state index in [4.69, 9.17) is 5.73 Å². The molecule has 3 rings (SSSR count). The summed E-state index contributed by atoms with van der Waals surface area (Å²) in [6.07, 6.45) is 3.03. The molecule has 2 aromatic rings. The van der Waals surface area contributed by atoms with E-state index in [0.717, 1.165) is 18.5 Å². The molecule has 7 nitrogen and oxygen atoms in total. The van der Waals surface area contributed by atoms with Crippen molar-refractivity contribution in [3.8, 4) is 0 Å². The van der Waals surface area contributed by atoms with E-state index in [2.05, 4.69) is 15.2 Å². The van der Waals surface area contributed by atoms with E-state index in [-0.39, 0.29) is 11.9 Å². The van der Waals surface area contributed by atoms with Gasteiger partial charge in [0.25, 0.3) is 11.8 Å². The minimum absolute atomic E-state index is 0.142. The van der Waals surface area contributed by atoms with Crippen LogP contribution in [0, 0.1) is 6.92 Å². The summed E-state index contributed by atoms with van der Waals surface area (Å²) < 4.78 is 0. The van der Waals surface area contributed by atoms with Gasteiger partial charge in [-0.1, -0.05) is 6.07 Å². The summed E-state index contributed by atoms with van der Waals surface area (Å²) in [5.74, 6) is -0.687. The molecule has 2 amide bonds. The molecule has 1 aliphatic heterocycles. The first-order valence-electron chi connectivity index (χ1n) is 7.15. The van der Waals surface area contributed by atoms with Crippen LogP contribution in [-0.4, -0.2) is 38.4 Å². The van der Waals surface area contributed by atoms with Crippen LogP contribution in [0.3, 0.4) is 0 Å². The second-order valence-electron chi connectivity index (χ2n) is 5.38. The van der Waals surface area contributed by atoms with Crippen LogP contribution in [0.15, 0.2) is 24.4 Å². The van der Waals surface area contributed by atoms with Crippen LogP contribution < -0.4 is 5.73 Å². The zero-order chi connectivity index (χ0) is 15.7. The van der Waals surface area contributed by atoms with Gasteiger partial charge in [-0.15, -0.1) is 0 Å². The normalized spacial score (nSPS) is 17.7. The highest BCUT2D eigenvalue weighted by molar-refractivity contribution is 5.95. The molecule has 0 saturated carbocycles. The third kappa shape index (κ3) is 2.45. The van der Waals surface area contributed by atoms with Crippen molar-refractivity contribution in [2.45, 2.75) is 25.8 Å². The first kappa shape index (κ1) is 14.2. The number of pyridine rings is 1. The number of aromatic nitrogens is 3. The van der Waals surface area contributed by atoms with Crippen molar-refractivity contribution in [1.82, 2.24) is 20.1 Å². The van der Waals surface area contributed by atoms with Crippen molar-refractivity contribution in [3.05, 3.63) is 47.0 Å². The average Bonchev–Trinajstić information content (AvgIpc) is 3.14. The maximum atomic E-state index is 12.7. The minimum Gasteiger partial charge on any atom is -0.365 e. The lowest BCUT2D eigenvalue weighted by Gasteiger charge is -2.24. The summed E-state index contributed by atoms with van der Waals surface area (Å²) in [7, 11) is 0. The van der Waals surface area contributed by atoms with Crippen LogP contribution >= 0.6 is 0 Å². The molecule has 22 heavy (non-hydrogen) atoms. The summed E-state index contributed by atoms with van der Waals surface area (Å²) in [6, 6.07) is 5.14. The Morgan fingerprint density at radius 3 is 2.95 bits per heavy atom. The standard InChI is InChI=1S/C15H17N5O2/c1-9-4-2-5-11(18-9)15(22)20-7-3-6-12(20)13-10(14(16)21)8-17-19-13/h2,4-5,8,12H,3,6-7H2,1H3,(H2,16,21)(H,17,19)/t12-/m1/s1. The van der Waals surface area contributed by atoms with Crippen LogP contribution in [0.1, 0.15) is 51.1 Å². The fourth-order valence-electron chi connectivity index (χ4n) is 2.87. The molecule has 0 aromatic carbocycles. The van der Waals surface area contributed by atoms with Gasteiger partial charge in [-0.25, -0.2) is 4.98 Å². The van der Waals surface area contributed by atoms with Crippen molar-refractivity contribution in [2.75, 3.05) is 6.54 Å². The Kier molecular flexibility index (Phi) is 3.62. The van der Waals surface area contributed by atoms with E-state index in [1.165, 1.54) is 6.20 Å². The van der Waals surface area contributed by atoms with Crippen LogP contribution in [0.25, 0.3) is 0 Å².